The predicted octanol–water partition coefficient (Wildman–Crippen LogP) is 3.13. The summed E-state index contributed by atoms with van der Waals surface area (Å²) in [6.07, 6.45) is 5.50. The van der Waals surface area contributed by atoms with Crippen LogP contribution in [0.3, 0.4) is 0 Å². The van der Waals surface area contributed by atoms with E-state index in [0.29, 0.717) is 50.9 Å². The Morgan fingerprint density at radius 3 is 2.34 bits per heavy atom. The number of carbonyl (C=O) groups is 2. The van der Waals surface area contributed by atoms with Crippen molar-refractivity contribution in [2.45, 2.75) is 45.4 Å². The summed E-state index contributed by atoms with van der Waals surface area (Å²) in [5.74, 6) is 1.53. The maximum absolute atomic E-state index is 12.7. The molecule has 0 bridgehead atoms. The largest absolute Gasteiger partial charge is 0.339 e. The molecule has 0 radical (unpaired) electrons. The number of rotatable bonds is 7. The van der Waals surface area contributed by atoms with Gasteiger partial charge in [-0.2, -0.15) is 0 Å². The number of piperidine rings is 1. The molecule has 1 aromatic rings. The zero-order valence-corrected chi connectivity index (χ0v) is 18.5. The van der Waals surface area contributed by atoms with E-state index in [2.05, 4.69) is 24.4 Å². The average Bonchev–Trinajstić information content (AvgIpc) is 2.75. The lowest BCUT2D eigenvalue weighted by atomic mass is 9.85. The summed E-state index contributed by atoms with van der Waals surface area (Å²) in [5, 5.41) is 3.44. The second-order valence-electron chi connectivity index (χ2n) is 8.39. The van der Waals surface area contributed by atoms with Crippen LogP contribution in [0.25, 0.3) is 0 Å². The van der Waals surface area contributed by atoms with E-state index < -0.39 is 0 Å². The van der Waals surface area contributed by atoms with Crippen LogP contribution in [-0.2, 0) is 16.0 Å². The van der Waals surface area contributed by atoms with Gasteiger partial charge in [0.05, 0.1) is 0 Å². The molecule has 162 valence electrons. The van der Waals surface area contributed by atoms with Gasteiger partial charge in [0.1, 0.15) is 0 Å². The minimum Gasteiger partial charge on any atom is -0.339 e. The molecule has 6 heteroatoms. The Labute approximate surface area is 181 Å². The van der Waals surface area contributed by atoms with E-state index in [-0.39, 0.29) is 24.2 Å². The third-order valence-corrected chi connectivity index (χ3v) is 6.32. The minimum absolute atomic E-state index is 0. The maximum Gasteiger partial charge on any atom is 0.222 e. The molecule has 0 aromatic heterocycles. The Bertz CT molecular complexity index is 626. The molecule has 2 heterocycles. The van der Waals surface area contributed by atoms with Gasteiger partial charge in [-0.05, 0) is 56.2 Å². The van der Waals surface area contributed by atoms with Crippen LogP contribution in [0, 0.1) is 11.8 Å². The maximum atomic E-state index is 12.7. The SMILES string of the molecule is CC(CC(=O)N1CCN(C(=O)CCCc2ccccc2)CC1)C1CCCNC1.Cl. The number of benzene rings is 1. The van der Waals surface area contributed by atoms with Gasteiger partial charge in [-0.3, -0.25) is 9.59 Å². The number of halogens is 1. The fraction of sp³-hybridized carbons (Fsp3) is 0.652. The van der Waals surface area contributed by atoms with E-state index in [1.54, 1.807) is 0 Å². The number of nitrogens with one attached hydrogen (secondary N) is 1. The summed E-state index contributed by atoms with van der Waals surface area (Å²) >= 11 is 0. The van der Waals surface area contributed by atoms with Gasteiger partial charge in [-0.25, -0.2) is 0 Å². The van der Waals surface area contributed by atoms with Gasteiger partial charge in [0, 0.05) is 39.0 Å². The predicted molar refractivity (Wildman–Crippen MR) is 119 cm³/mol. The van der Waals surface area contributed by atoms with Gasteiger partial charge in [-0.15, -0.1) is 12.4 Å². The first-order chi connectivity index (χ1) is 13.6. The number of hydrogen-bond donors (Lipinski definition) is 1. The normalized spacial score (nSPS) is 20.7. The number of nitrogens with zero attached hydrogens (tertiary/aromatic N) is 2. The molecule has 2 saturated heterocycles. The molecule has 5 nitrogen and oxygen atoms in total. The van der Waals surface area contributed by atoms with Gasteiger partial charge in [0.15, 0.2) is 0 Å². The lowest BCUT2D eigenvalue weighted by Gasteiger charge is -2.36. The smallest absolute Gasteiger partial charge is 0.222 e. The minimum atomic E-state index is 0. The second kappa shape index (κ2) is 12.2. The van der Waals surface area contributed by atoms with Crippen LogP contribution in [0.5, 0.6) is 0 Å². The van der Waals surface area contributed by atoms with Crippen LogP contribution >= 0.6 is 12.4 Å². The highest BCUT2D eigenvalue weighted by Gasteiger charge is 2.27. The van der Waals surface area contributed by atoms with E-state index in [0.717, 1.165) is 25.9 Å². The highest BCUT2D eigenvalue weighted by atomic mass is 35.5. The molecule has 0 aliphatic carbocycles. The number of piperazine rings is 1. The summed E-state index contributed by atoms with van der Waals surface area (Å²) in [5.41, 5.74) is 1.29. The van der Waals surface area contributed by atoms with Gasteiger partial charge in [0.25, 0.3) is 0 Å². The van der Waals surface area contributed by atoms with E-state index >= 15 is 0 Å². The van der Waals surface area contributed by atoms with Crippen molar-refractivity contribution in [3.05, 3.63) is 35.9 Å². The molecule has 1 N–H and O–H groups in total. The van der Waals surface area contributed by atoms with Crippen molar-refractivity contribution >= 4 is 24.2 Å². The summed E-state index contributed by atoms with van der Waals surface area (Å²) in [7, 11) is 0. The lowest BCUT2D eigenvalue weighted by molar-refractivity contribution is -0.140. The van der Waals surface area contributed by atoms with Crippen LogP contribution in [0.2, 0.25) is 0 Å². The molecule has 2 unspecified atom stereocenters. The third-order valence-electron chi connectivity index (χ3n) is 6.32. The first-order valence-electron chi connectivity index (χ1n) is 10.9. The number of amides is 2. The van der Waals surface area contributed by atoms with Crippen LogP contribution < -0.4 is 5.32 Å². The molecule has 0 spiro atoms. The zero-order valence-electron chi connectivity index (χ0n) is 17.6. The monoisotopic (exact) mass is 421 g/mol. The van der Waals surface area contributed by atoms with E-state index in [1.807, 2.05) is 28.0 Å². The van der Waals surface area contributed by atoms with Crippen LogP contribution in [0.4, 0.5) is 0 Å². The second-order valence-corrected chi connectivity index (χ2v) is 8.39. The fourth-order valence-corrected chi connectivity index (χ4v) is 4.39. The summed E-state index contributed by atoms with van der Waals surface area (Å²) in [4.78, 5) is 29.0. The van der Waals surface area contributed by atoms with Crippen molar-refractivity contribution in [2.75, 3.05) is 39.3 Å². The number of carbonyl (C=O) groups excluding carboxylic acids is 2. The van der Waals surface area contributed by atoms with Crippen molar-refractivity contribution in [3.8, 4) is 0 Å². The van der Waals surface area contributed by atoms with Crippen molar-refractivity contribution < 1.29 is 9.59 Å². The molecule has 29 heavy (non-hydrogen) atoms. The molecule has 3 rings (SSSR count). The fourth-order valence-electron chi connectivity index (χ4n) is 4.39. The first kappa shape index (κ1) is 23.7. The average molecular weight is 422 g/mol. The highest BCUT2D eigenvalue weighted by Crippen LogP contribution is 2.23. The molecule has 1 aromatic carbocycles. The summed E-state index contributed by atoms with van der Waals surface area (Å²) in [6.45, 7) is 7.07. The van der Waals surface area contributed by atoms with E-state index in [9.17, 15) is 9.59 Å². The van der Waals surface area contributed by atoms with Gasteiger partial charge < -0.3 is 15.1 Å². The molecule has 2 aliphatic rings. The Morgan fingerprint density at radius 2 is 1.72 bits per heavy atom. The van der Waals surface area contributed by atoms with Crippen molar-refractivity contribution in [2.24, 2.45) is 11.8 Å². The molecule has 2 amide bonds. The van der Waals surface area contributed by atoms with Crippen LogP contribution in [-0.4, -0.2) is 60.9 Å². The molecule has 0 saturated carbocycles. The lowest BCUT2D eigenvalue weighted by Crippen LogP contribution is -2.51. The van der Waals surface area contributed by atoms with Gasteiger partial charge in [0.2, 0.25) is 11.8 Å². The Morgan fingerprint density at radius 1 is 1.07 bits per heavy atom. The standard InChI is InChI=1S/C23H35N3O2.ClH/c1-19(21-10-6-12-24-18-21)17-23(28)26-15-13-25(14-16-26)22(27)11-5-9-20-7-3-2-4-8-20;/h2-4,7-8,19,21,24H,5-6,9-18H2,1H3;1H. The molecular formula is C23H36ClN3O2. The van der Waals surface area contributed by atoms with Crippen molar-refractivity contribution in [3.63, 3.8) is 0 Å². The zero-order chi connectivity index (χ0) is 19.8. The highest BCUT2D eigenvalue weighted by molar-refractivity contribution is 5.85. The molecule has 2 aliphatic heterocycles. The van der Waals surface area contributed by atoms with Gasteiger partial charge in [-0.1, -0.05) is 37.3 Å². The third kappa shape index (κ3) is 7.31. The van der Waals surface area contributed by atoms with Gasteiger partial charge >= 0.3 is 0 Å². The Hall–Kier alpha value is -1.59. The Kier molecular flexibility index (Phi) is 9.95. The summed E-state index contributed by atoms with van der Waals surface area (Å²) in [6, 6.07) is 10.3. The Balaban J connectivity index is 0.00000300. The molecule has 2 atom stereocenters. The quantitative estimate of drug-likeness (QED) is 0.735. The van der Waals surface area contributed by atoms with Crippen LogP contribution in [0.1, 0.15) is 44.6 Å². The first-order valence-corrected chi connectivity index (χ1v) is 10.9. The van der Waals surface area contributed by atoms with Crippen LogP contribution in [0.15, 0.2) is 30.3 Å². The van der Waals surface area contributed by atoms with E-state index in [4.69, 9.17) is 0 Å². The molecular weight excluding hydrogens is 386 g/mol. The number of aryl methyl sites for hydroxylation is 1. The topological polar surface area (TPSA) is 52.7 Å². The molecule has 2 fully saturated rings. The van der Waals surface area contributed by atoms with E-state index in [1.165, 1.54) is 18.4 Å². The summed E-state index contributed by atoms with van der Waals surface area (Å²) < 4.78 is 0. The van der Waals surface area contributed by atoms with Crippen molar-refractivity contribution in [1.29, 1.82) is 0 Å². The van der Waals surface area contributed by atoms with Crippen molar-refractivity contribution in [1.82, 2.24) is 15.1 Å². The number of hydrogen-bond acceptors (Lipinski definition) is 3.